The third kappa shape index (κ3) is 104. The van der Waals surface area contributed by atoms with E-state index in [4.69, 9.17) is 0 Å². The molecule has 0 aliphatic heterocycles. The Bertz CT molecular complexity index is 12.4. The van der Waals surface area contributed by atoms with E-state index in [2.05, 4.69) is 0 Å². The molecule has 0 amide bonds. The molecule has 0 heterocycles. The van der Waals surface area contributed by atoms with Crippen LogP contribution < -0.4 is 0 Å². The first kappa shape index (κ1) is 217. The van der Waals surface area contributed by atoms with Crippen molar-refractivity contribution in [2.24, 2.45) is 0 Å². The summed E-state index contributed by atoms with van der Waals surface area (Å²) in [7, 11) is 0. The maximum absolute atomic E-state index is 0. The first-order valence-corrected chi connectivity index (χ1v) is 0. The van der Waals surface area contributed by atoms with Crippen LogP contribution in [0.3, 0.4) is 0 Å². The van der Waals surface area contributed by atoms with Crippen molar-refractivity contribution in [3.05, 3.63) is 0 Å². The van der Waals surface area contributed by atoms with E-state index in [0.29, 0.717) is 0 Å². The third-order valence-corrected chi connectivity index (χ3v) is 0. The minimum atomic E-state index is 0. The summed E-state index contributed by atoms with van der Waals surface area (Å²) in [6, 6.07) is 0. The van der Waals surface area contributed by atoms with Gasteiger partial charge in [-0.05, 0) is 0 Å². The van der Waals surface area contributed by atoms with Crippen LogP contribution >= 0.6 is 0 Å². The van der Waals surface area contributed by atoms with Gasteiger partial charge in [0.1, 0.15) is 0 Å². The summed E-state index contributed by atoms with van der Waals surface area (Å²) < 4.78 is 0. The topological polar surface area (TPSA) is 142 Å². The van der Waals surface area contributed by atoms with Crippen molar-refractivity contribution in [1.82, 2.24) is 0 Å². The molecule has 0 rings (SSSR count). The van der Waals surface area contributed by atoms with Crippen LogP contribution in [0.2, 0.25) is 0 Å². The molecule has 0 unspecified atom stereocenters. The summed E-state index contributed by atoms with van der Waals surface area (Å²) in [6.45, 7) is 0. The first-order chi connectivity index (χ1) is 0. The monoisotopic (exact) mass is 502 g/mol. The predicted octanol–water partition coefficient (Wildman–Crippen LogP) is -0.601. The molecular formula is IrO5TaTi+2. The van der Waals surface area contributed by atoms with Crippen LogP contribution in [-0.4, -0.2) is 0 Å². The van der Waals surface area contributed by atoms with Gasteiger partial charge in [0.15, 0.2) is 0 Å². The molecular weight excluding hydrogens is 501 g/mol. The summed E-state index contributed by atoms with van der Waals surface area (Å²) in [5, 5.41) is 0. The van der Waals surface area contributed by atoms with Gasteiger partial charge in [0, 0.05) is 0 Å². The molecule has 0 radical (unpaired) electrons. The fraction of sp³-hybridized carbons (Fsp3) is 0. The third-order valence-electron chi connectivity index (χ3n) is 0. The largest absolute Gasteiger partial charge is 5.00 e. The van der Waals surface area contributed by atoms with E-state index in [1.807, 2.05) is 0 Å². The first-order valence-electron chi connectivity index (χ1n) is 0. The zero-order valence-electron chi connectivity index (χ0n) is 3.32. The molecule has 0 aliphatic rings. The van der Waals surface area contributed by atoms with Crippen molar-refractivity contribution in [3.63, 3.8) is 0 Å². The zero-order chi connectivity index (χ0) is 0. The van der Waals surface area contributed by atoms with Crippen LogP contribution in [0.25, 0.3) is 0 Å². The smallest absolute Gasteiger partial charge is 2.00 e. The minimum absolute atomic E-state index is 0. The van der Waals surface area contributed by atoms with Crippen molar-refractivity contribution in [2.45, 2.75) is 0 Å². The maximum Gasteiger partial charge on any atom is 5.00 e. The van der Waals surface area contributed by atoms with Gasteiger partial charge in [-0.3, -0.25) is 0 Å². The molecule has 0 atom stereocenters. The molecule has 0 bridgehead atoms. The summed E-state index contributed by atoms with van der Waals surface area (Å²) >= 11 is 0. The van der Waals surface area contributed by atoms with Crippen LogP contribution in [0.15, 0.2) is 0 Å². The quantitative estimate of drug-likeness (QED) is 0.391. The van der Waals surface area contributed by atoms with Crippen molar-refractivity contribution < 1.29 is 91.6 Å². The molecule has 0 aromatic heterocycles. The van der Waals surface area contributed by atoms with Crippen LogP contribution in [0.1, 0.15) is 0 Å². The van der Waals surface area contributed by atoms with Crippen molar-refractivity contribution in [2.75, 3.05) is 0 Å². The number of hydrogen-bond acceptors (Lipinski definition) is 0. The van der Waals surface area contributed by atoms with E-state index < -0.39 is 0 Å². The van der Waals surface area contributed by atoms with Gasteiger partial charge in [-0.1, -0.05) is 0 Å². The van der Waals surface area contributed by atoms with E-state index >= 15 is 0 Å². The van der Waals surface area contributed by atoms with Gasteiger partial charge in [-0.15, -0.1) is 0 Å². The van der Waals surface area contributed by atoms with Gasteiger partial charge < -0.3 is 27.4 Å². The standard InChI is InChI=1S/Ir.5O.Ta.Ti/q+3;5*-2;+5;+4. The van der Waals surface area contributed by atoms with Crippen LogP contribution in [0.4, 0.5) is 0 Å². The van der Waals surface area contributed by atoms with E-state index in [9.17, 15) is 0 Å². The Morgan fingerprint density at radius 3 is 0.500 bits per heavy atom. The number of rotatable bonds is 0. The Morgan fingerprint density at radius 1 is 0.500 bits per heavy atom. The second-order valence-electron chi connectivity index (χ2n) is 0. The van der Waals surface area contributed by atoms with E-state index in [1.165, 1.54) is 0 Å². The van der Waals surface area contributed by atoms with Gasteiger partial charge in [0.2, 0.25) is 0 Å². The summed E-state index contributed by atoms with van der Waals surface area (Å²) in [5.74, 6) is 0. The minimum Gasteiger partial charge on any atom is -2.00 e. The molecule has 0 saturated heterocycles. The van der Waals surface area contributed by atoms with Crippen molar-refractivity contribution >= 4 is 0 Å². The fourth-order valence-corrected chi connectivity index (χ4v) is 0. The van der Waals surface area contributed by atoms with Gasteiger partial charge in [0.25, 0.3) is 0 Å². The molecule has 0 saturated carbocycles. The van der Waals surface area contributed by atoms with Crippen LogP contribution in [-0.2, 0) is 91.6 Å². The predicted molar refractivity (Wildman–Crippen MR) is 3.43 cm³/mol. The Morgan fingerprint density at radius 2 is 0.500 bits per heavy atom. The van der Waals surface area contributed by atoms with Gasteiger partial charge >= 0.3 is 64.2 Å². The average molecular weight is 501 g/mol. The Labute approximate surface area is 90.9 Å². The normalized spacial score (nSPS) is 0. The molecule has 8 heteroatoms. The van der Waals surface area contributed by atoms with Crippen molar-refractivity contribution in [3.8, 4) is 0 Å². The van der Waals surface area contributed by atoms with Gasteiger partial charge in [-0.25, -0.2) is 0 Å². The summed E-state index contributed by atoms with van der Waals surface area (Å²) in [4.78, 5) is 0. The molecule has 0 N–H and O–H groups in total. The molecule has 0 spiro atoms. The molecule has 0 aliphatic carbocycles. The summed E-state index contributed by atoms with van der Waals surface area (Å²) in [6.07, 6.45) is 0. The Balaban J connectivity index is 0. The van der Waals surface area contributed by atoms with Gasteiger partial charge in [0.05, 0.1) is 0 Å². The second kappa shape index (κ2) is 153. The van der Waals surface area contributed by atoms with Gasteiger partial charge in [-0.2, -0.15) is 0 Å². The molecule has 0 aromatic carbocycles. The van der Waals surface area contributed by atoms with Crippen LogP contribution in [0, 0.1) is 0 Å². The maximum atomic E-state index is 0. The van der Waals surface area contributed by atoms with Crippen LogP contribution in [0.5, 0.6) is 0 Å². The summed E-state index contributed by atoms with van der Waals surface area (Å²) in [5.41, 5.74) is 0. The zero-order valence-corrected chi connectivity index (χ0v) is 10.5. The Kier molecular flexibility index (Phi) is 4150. The average Bonchev–Trinajstić information content (AvgIpc) is 0. The molecule has 8 heavy (non-hydrogen) atoms. The van der Waals surface area contributed by atoms with E-state index in [1.54, 1.807) is 0 Å². The fourth-order valence-electron chi connectivity index (χ4n) is 0. The van der Waals surface area contributed by atoms with E-state index in [-0.39, 0.29) is 91.6 Å². The molecule has 0 aromatic rings. The molecule has 46 valence electrons. The number of hydrogen-bond donors (Lipinski definition) is 0. The van der Waals surface area contributed by atoms with E-state index in [0.717, 1.165) is 0 Å². The second-order valence-corrected chi connectivity index (χ2v) is 0. The Hall–Kier alpha value is 1.90. The van der Waals surface area contributed by atoms with Crippen molar-refractivity contribution in [1.29, 1.82) is 0 Å². The molecule has 5 nitrogen and oxygen atoms in total. The SMILES string of the molecule is [Ir+3].[O-2].[O-2].[O-2].[O-2].[O-2].[Ta+5].[Ti+4]. The molecule has 0 fully saturated rings.